The fourth-order valence-electron chi connectivity index (χ4n) is 5.78. The highest BCUT2D eigenvalue weighted by molar-refractivity contribution is 6.12. The van der Waals surface area contributed by atoms with E-state index in [1.54, 1.807) is 9.58 Å². The third-order valence-corrected chi connectivity index (χ3v) is 8.05. The summed E-state index contributed by atoms with van der Waals surface area (Å²) in [7, 11) is 0. The Labute approximate surface area is 220 Å². The molecular formula is C31H38N4O2. The lowest BCUT2D eigenvalue weighted by Crippen LogP contribution is -2.65. The van der Waals surface area contributed by atoms with Crippen molar-refractivity contribution in [2.45, 2.75) is 90.8 Å². The number of hydrogen-bond donors (Lipinski definition) is 1. The van der Waals surface area contributed by atoms with Gasteiger partial charge in [0, 0.05) is 17.3 Å². The van der Waals surface area contributed by atoms with Crippen molar-refractivity contribution >= 4 is 17.5 Å². The second kappa shape index (κ2) is 9.81. The number of anilines is 1. The summed E-state index contributed by atoms with van der Waals surface area (Å²) in [6.07, 6.45) is 5.45. The van der Waals surface area contributed by atoms with E-state index >= 15 is 0 Å². The first-order valence-electron chi connectivity index (χ1n) is 13.6. The largest absolute Gasteiger partial charge is 0.351 e. The molecule has 1 atom stereocenters. The summed E-state index contributed by atoms with van der Waals surface area (Å²) >= 11 is 0. The zero-order valence-corrected chi connectivity index (χ0v) is 22.7. The van der Waals surface area contributed by atoms with Crippen molar-refractivity contribution in [3.63, 3.8) is 0 Å². The normalized spacial score (nSPS) is 20.3. The van der Waals surface area contributed by atoms with Gasteiger partial charge in [0.2, 0.25) is 5.91 Å². The first-order chi connectivity index (χ1) is 17.7. The first-order valence-corrected chi connectivity index (χ1v) is 13.6. The third-order valence-electron chi connectivity index (χ3n) is 8.05. The van der Waals surface area contributed by atoms with Crippen molar-refractivity contribution < 1.29 is 9.59 Å². The minimum atomic E-state index is -1.10. The van der Waals surface area contributed by atoms with E-state index in [4.69, 9.17) is 5.10 Å². The topological polar surface area (TPSA) is 67.2 Å². The lowest BCUT2D eigenvalue weighted by molar-refractivity contribution is -0.127. The second-order valence-corrected chi connectivity index (χ2v) is 11.4. The van der Waals surface area contributed by atoms with Crippen LogP contribution in [0.1, 0.15) is 86.0 Å². The lowest BCUT2D eigenvalue weighted by atomic mass is 9.90. The summed E-state index contributed by atoms with van der Waals surface area (Å²) < 4.78 is 1.73. The highest BCUT2D eigenvalue weighted by atomic mass is 16.2. The molecule has 1 aromatic heterocycles. The van der Waals surface area contributed by atoms with Gasteiger partial charge >= 0.3 is 0 Å². The molecule has 1 fully saturated rings. The number of amides is 2. The number of nitrogens with zero attached hydrogens (tertiary/aromatic N) is 3. The van der Waals surface area contributed by atoms with E-state index in [1.165, 1.54) is 12.0 Å². The van der Waals surface area contributed by atoms with Crippen LogP contribution >= 0.6 is 0 Å². The fraction of sp³-hybridized carbons (Fsp3) is 0.452. The van der Waals surface area contributed by atoms with E-state index < -0.39 is 5.54 Å². The van der Waals surface area contributed by atoms with Crippen LogP contribution in [0, 0.1) is 13.8 Å². The number of fused-ring (bicyclic) bond motifs is 1. The minimum Gasteiger partial charge on any atom is -0.351 e. The van der Waals surface area contributed by atoms with Crippen molar-refractivity contribution in [3.8, 4) is 11.3 Å². The van der Waals surface area contributed by atoms with E-state index in [9.17, 15) is 9.59 Å². The number of carbonyl (C=O) groups is 2. The summed E-state index contributed by atoms with van der Waals surface area (Å²) in [6, 6.07) is 16.4. The van der Waals surface area contributed by atoms with Crippen molar-refractivity contribution in [3.05, 3.63) is 70.9 Å². The Morgan fingerprint density at radius 3 is 2.38 bits per heavy atom. The van der Waals surface area contributed by atoms with Gasteiger partial charge in [-0.2, -0.15) is 5.10 Å². The van der Waals surface area contributed by atoms with Gasteiger partial charge in [-0.25, -0.2) is 0 Å². The van der Waals surface area contributed by atoms with Crippen LogP contribution < -0.4 is 10.2 Å². The van der Waals surface area contributed by atoms with Gasteiger partial charge < -0.3 is 5.32 Å². The summed E-state index contributed by atoms with van der Waals surface area (Å²) in [5, 5.41) is 8.12. The van der Waals surface area contributed by atoms with Crippen molar-refractivity contribution in [1.29, 1.82) is 0 Å². The summed E-state index contributed by atoms with van der Waals surface area (Å²) in [4.78, 5) is 29.8. The van der Waals surface area contributed by atoms with Gasteiger partial charge in [0.25, 0.3) is 5.91 Å². The summed E-state index contributed by atoms with van der Waals surface area (Å²) in [5.41, 5.74) is 5.24. The van der Waals surface area contributed by atoms with Gasteiger partial charge in [-0.1, -0.05) is 75.1 Å². The van der Waals surface area contributed by atoms with Crippen LogP contribution in [0.2, 0.25) is 0 Å². The van der Waals surface area contributed by atoms with Gasteiger partial charge in [-0.05, 0) is 62.8 Å². The van der Waals surface area contributed by atoms with Gasteiger partial charge in [-0.3, -0.25) is 19.2 Å². The molecule has 0 spiro atoms. The zero-order valence-electron chi connectivity index (χ0n) is 22.7. The SMILES string of the molecule is Cc1ccc(N2C(=O)c3cc(-c4ccc(C(C)C)cc4)nn3CC2(C)C(=O)NC2CCCCC2)c(C)c1. The average Bonchev–Trinajstić information content (AvgIpc) is 3.30. The molecule has 3 aromatic rings. The smallest absolute Gasteiger partial charge is 0.277 e. The van der Waals surface area contributed by atoms with Crippen molar-refractivity contribution in [1.82, 2.24) is 15.1 Å². The molecule has 2 heterocycles. The van der Waals surface area contributed by atoms with Crippen LogP contribution in [0.3, 0.4) is 0 Å². The minimum absolute atomic E-state index is 0.114. The maximum absolute atomic E-state index is 14.1. The molecule has 6 heteroatoms. The van der Waals surface area contributed by atoms with E-state index in [0.717, 1.165) is 53.8 Å². The maximum atomic E-state index is 14.1. The molecule has 5 rings (SSSR count). The van der Waals surface area contributed by atoms with E-state index in [-0.39, 0.29) is 17.9 Å². The van der Waals surface area contributed by atoms with Gasteiger partial charge in [0.15, 0.2) is 0 Å². The molecule has 2 aliphatic rings. The van der Waals surface area contributed by atoms with Crippen LogP contribution in [0.15, 0.2) is 48.5 Å². The predicted octanol–water partition coefficient (Wildman–Crippen LogP) is 6.16. The van der Waals surface area contributed by atoms with Crippen molar-refractivity contribution in [2.75, 3.05) is 4.90 Å². The number of benzene rings is 2. The second-order valence-electron chi connectivity index (χ2n) is 11.4. The number of carbonyl (C=O) groups excluding carboxylic acids is 2. The highest BCUT2D eigenvalue weighted by Gasteiger charge is 2.49. The molecule has 0 saturated heterocycles. The Kier molecular flexibility index (Phi) is 6.69. The standard InChI is InChI=1S/C31H38N4O2/c1-20(2)23-12-14-24(15-13-23)26-18-28-29(36)35(27-16-11-21(3)17-22(27)4)31(5,19-34(28)33-26)30(37)32-25-9-7-6-8-10-25/h11-18,20,25H,6-10,19H2,1-5H3,(H,32,37). The Morgan fingerprint density at radius 1 is 1.03 bits per heavy atom. The Bertz CT molecular complexity index is 1320. The Hall–Kier alpha value is -3.41. The Morgan fingerprint density at radius 2 is 1.73 bits per heavy atom. The van der Waals surface area contributed by atoms with Crippen LogP contribution in [-0.2, 0) is 11.3 Å². The zero-order chi connectivity index (χ0) is 26.3. The monoisotopic (exact) mass is 498 g/mol. The molecule has 2 amide bonds. The molecule has 1 unspecified atom stereocenters. The number of aromatic nitrogens is 2. The van der Waals surface area contributed by atoms with E-state index in [0.29, 0.717) is 18.2 Å². The quantitative estimate of drug-likeness (QED) is 0.458. The Balaban J connectivity index is 1.56. The van der Waals surface area contributed by atoms with Gasteiger partial charge in [0.1, 0.15) is 11.2 Å². The molecule has 1 aliphatic heterocycles. The molecule has 0 bridgehead atoms. The van der Waals surface area contributed by atoms with Gasteiger partial charge in [-0.15, -0.1) is 0 Å². The number of nitrogens with one attached hydrogen (secondary N) is 1. The predicted molar refractivity (Wildman–Crippen MR) is 148 cm³/mol. The van der Waals surface area contributed by atoms with Crippen LogP contribution in [0.25, 0.3) is 11.3 Å². The van der Waals surface area contributed by atoms with E-state index in [1.807, 2.05) is 39.0 Å². The summed E-state index contributed by atoms with van der Waals surface area (Å²) in [5.74, 6) is 0.134. The number of hydrogen-bond acceptors (Lipinski definition) is 3. The van der Waals surface area contributed by atoms with Crippen LogP contribution in [-0.4, -0.2) is 33.2 Å². The molecule has 194 valence electrons. The summed E-state index contributed by atoms with van der Waals surface area (Å²) in [6.45, 7) is 10.6. The number of rotatable bonds is 5. The molecule has 1 aliphatic carbocycles. The van der Waals surface area contributed by atoms with E-state index in [2.05, 4.69) is 49.5 Å². The fourth-order valence-corrected chi connectivity index (χ4v) is 5.78. The number of aryl methyl sites for hydroxylation is 2. The highest BCUT2D eigenvalue weighted by Crippen LogP contribution is 2.36. The van der Waals surface area contributed by atoms with Gasteiger partial charge in [0.05, 0.1) is 12.2 Å². The average molecular weight is 499 g/mol. The molecule has 6 nitrogen and oxygen atoms in total. The molecule has 0 radical (unpaired) electrons. The van der Waals surface area contributed by atoms with Crippen LogP contribution in [0.5, 0.6) is 0 Å². The lowest BCUT2D eigenvalue weighted by Gasteiger charge is -2.44. The molecule has 37 heavy (non-hydrogen) atoms. The van der Waals surface area contributed by atoms with Crippen molar-refractivity contribution in [2.24, 2.45) is 0 Å². The maximum Gasteiger partial charge on any atom is 0.277 e. The third kappa shape index (κ3) is 4.70. The molecule has 1 N–H and O–H groups in total. The first kappa shape index (κ1) is 25.2. The molecule has 2 aromatic carbocycles. The van der Waals surface area contributed by atoms with Crippen LogP contribution in [0.4, 0.5) is 5.69 Å². The molecule has 1 saturated carbocycles. The molecular weight excluding hydrogens is 460 g/mol.